The zero-order chi connectivity index (χ0) is 11.8. The van der Waals surface area contributed by atoms with Crippen molar-refractivity contribution in [2.24, 2.45) is 0 Å². The van der Waals surface area contributed by atoms with Crippen molar-refractivity contribution < 1.29 is 4.74 Å². The van der Waals surface area contributed by atoms with Gasteiger partial charge in [-0.05, 0) is 31.0 Å². The van der Waals surface area contributed by atoms with Crippen LogP contribution in [0.25, 0.3) is 0 Å². The number of ether oxygens (including phenoxy) is 1. The number of hydrogen-bond acceptors (Lipinski definition) is 2. The predicted molar refractivity (Wildman–Crippen MR) is 67.5 cm³/mol. The van der Waals surface area contributed by atoms with E-state index in [1.54, 1.807) is 0 Å². The first-order chi connectivity index (χ1) is 7.77. The molecule has 0 aliphatic carbocycles. The number of nitrogens with one attached hydrogen (secondary N) is 1. The molecule has 0 saturated heterocycles. The fourth-order valence-electron chi connectivity index (χ4n) is 1.40. The predicted octanol–water partition coefficient (Wildman–Crippen LogP) is 2.76. The van der Waals surface area contributed by atoms with Gasteiger partial charge in [0.1, 0.15) is 5.75 Å². The van der Waals surface area contributed by atoms with E-state index in [0.717, 1.165) is 18.8 Å². The molecule has 1 N–H and O–H groups in total. The molecular weight excluding hydrogens is 198 g/mol. The van der Waals surface area contributed by atoms with Crippen LogP contribution in [-0.4, -0.2) is 13.2 Å². The van der Waals surface area contributed by atoms with Gasteiger partial charge in [-0.15, -0.1) is 6.42 Å². The van der Waals surface area contributed by atoms with Gasteiger partial charge in [0, 0.05) is 6.04 Å². The van der Waals surface area contributed by atoms with Crippen molar-refractivity contribution in [2.45, 2.75) is 26.3 Å². The summed E-state index contributed by atoms with van der Waals surface area (Å²) in [6, 6.07) is 8.41. The molecule has 0 spiro atoms. The van der Waals surface area contributed by atoms with Gasteiger partial charge < -0.3 is 4.74 Å². The topological polar surface area (TPSA) is 21.3 Å². The number of rotatable bonds is 6. The molecule has 16 heavy (non-hydrogen) atoms. The fourth-order valence-corrected chi connectivity index (χ4v) is 1.40. The van der Waals surface area contributed by atoms with Crippen molar-refractivity contribution >= 4 is 0 Å². The summed E-state index contributed by atoms with van der Waals surface area (Å²) in [5.74, 6) is 3.50. The Morgan fingerprint density at radius 3 is 2.62 bits per heavy atom. The summed E-state index contributed by atoms with van der Waals surface area (Å²) in [4.78, 5) is 0. The third kappa shape index (κ3) is 3.96. The quantitative estimate of drug-likeness (QED) is 0.740. The minimum Gasteiger partial charge on any atom is -0.494 e. The van der Waals surface area contributed by atoms with E-state index in [0.29, 0.717) is 6.54 Å². The summed E-state index contributed by atoms with van der Waals surface area (Å²) in [5, 5.41) is 3.23. The van der Waals surface area contributed by atoms with Crippen LogP contribution in [0.2, 0.25) is 0 Å². The lowest BCUT2D eigenvalue weighted by Gasteiger charge is -2.13. The van der Waals surface area contributed by atoms with Crippen LogP contribution in [0, 0.1) is 12.3 Å². The lowest BCUT2D eigenvalue weighted by molar-refractivity contribution is 0.317. The van der Waals surface area contributed by atoms with E-state index in [2.05, 4.69) is 37.2 Å². The molecule has 0 bridgehead atoms. The summed E-state index contributed by atoms with van der Waals surface area (Å²) in [6.07, 6.45) is 6.23. The molecule has 1 rings (SSSR count). The lowest BCUT2D eigenvalue weighted by Crippen LogP contribution is -2.18. The molecule has 86 valence electrons. The maximum absolute atomic E-state index is 5.52. The van der Waals surface area contributed by atoms with Gasteiger partial charge in [-0.3, -0.25) is 5.32 Å². The molecule has 0 aliphatic heterocycles. The van der Waals surface area contributed by atoms with Crippen molar-refractivity contribution in [2.75, 3.05) is 13.2 Å². The van der Waals surface area contributed by atoms with Crippen LogP contribution in [-0.2, 0) is 0 Å². The van der Waals surface area contributed by atoms with Gasteiger partial charge in [-0.2, -0.15) is 0 Å². The largest absolute Gasteiger partial charge is 0.494 e. The van der Waals surface area contributed by atoms with Crippen LogP contribution in [0.4, 0.5) is 0 Å². The molecule has 2 heteroatoms. The molecule has 1 atom stereocenters. The van der Waals surface area contributed by atoms with Gasteiger partial charge in [-0.1, -0.05) is 25.0 Å². The molecule has 0 aliphatic rings. The zero-order valence-corrected chi connectivity index (χ0v) is 9.99. The molecule has 0 aromatic heterocycles. The first-order valence-electron chi connectivity index (χ1n) is 5.67. The molecule has 1 unspecified atom stereocenters. The number of benzene rings is 1. The Kier molecular flexibility index (Phi) is 5.45. The van der Waals surface area contributed by atoms with Crippen molar-refractivity contribution in [3.05, 3.63) is 29.8 Å². The first kappa shape index (κ1) is 12.6. The fraction of sp³-hybridized carbons (Fsp3) is 0.429. The van der Waals surface area contributed by atoms with E-state index in [1.807, 2.05) is 12.1 Å². The number of hydrogen-bond donors (Lipinski definition) is 1. The summed E-state index contributed by atoms with van der Waals surface area (Å²) >= 11 is 0. The summed E-state index contributed by atoms with van der Waals surface area (Å²) < 4.78 is 5.52. The SMILES string of the molecule is C#CCNC(C)c1ccc(OCCC)cc1. The first-order valence-corrected chi connectivity index (χ1v) is 5.67. The Bertz CT molecular complexity index is 337. The highest BCUT2D eigenvalue weighted by Gasteiger charge is 2.03. The zero-order valence-electron chi connectivity index (χ0n) is 9.99. The standard InChI is InChI=1S/C14H19NO/c1-4-10-15-12(3)13-6-8-14(9-7-13)16-11-5-2/h1,6-9,12,15H,5,10-11H2,2-3H3. The van der Waals surface area contributed by atoms with Crippen LogP contribution < -0.4 is 10.1 Å². The van der Waals surface area contributed by atoms with Gasteiger partial charge >= 0.3 is 0 Å². The van der Waals surface area contributed by atoms with Gasteiger partial charge in [-0.25, -0.2) is 0 Å². The Balaban J connectivity index is 2.53. The number of terminal acetylenes is 1. The van der Waals surface area contributed by atoms with Crippen LogP contribution in [0.5, 0.6) is 5.75 Å². The van der Waals surface area contributed by atoms with Crippen LogP contribution >= 0.6 is 0 Å². The van der Waals surface area contributed by atoms with Crippen molar-refractivity contribution in [1.29, 1.82) is 0 Å². The second-order valence-electron chi connectivity index (χ2n) is 3.72. The Labute approximate surface area is 98.0 Å². The van der Waals surface area contributed by atoms with E-state index in [-0.39, 0.29) is 6.04 Å². The molecule has 1 aromatic rings. The molecule has 1 aromatic carbocycles. The molecular formula is C14H19NO. The summed E-state index contributed by atoms with van der Waals surface area (Å²) in [6.45, 7) is 5.55. The maximum Gasteiger partial charge on any atom is 0.119 e. The van der Waals surface area contributed by atoms with Crippen LogP contribution in [0.1, 0.15) is 31.9 Å². The van der Waals surface area contributed by atoms with E-state index >= 15 is 0 Å². The van der Waals surface area contributed by atoms with Crippen molar-refractivity contribution in [3.8, 4) is 18.1 Å². The highest BCUT2D eigenvalue weighted by atomic mass is 16.5. The molecule has 0 fully saturated rings. The third-order valence-corrected chi connectivity index (χ3v) is 2.36. The lowest BCUT2D eigenvalue weighted by atomic mass is 10.1. The summed E-state index contributed by atoms with van der Waals surface area (Å²) in [5.41, 5.74) is 1.22. The normalized spacial score (nSPS) is 11.8. The van der Waals surface area contributed by atoms with E-state index in [1.165, 1.54) is 5.56 Å². The van der Waals surface area contributed by atoms with E-state index in [4.69, 9.17) is 11.2 Å². The van der Waals surface area contributed by atoms with Gasteiger partial charge in [0.25, 0.3) is 0 Å². The molecule has 0 amide bonds. The van der Waals surface area contributed by atoms with Crippen molar-refractivity contribution in [3.63, 3.8) is 0 Å². The minimum absolute atomic E-state index is 0.274. The second kappa shape index (κ2) is 6.92. The second-order valence-corrected chi connectivity index (χ2v) is 3.72. The molecule has 2 nitrogen and oxygen atoms in total. The van der Waals surface area contributed by atoms with Gasteiger partial charge in [0.15, 0.2) is 0 Å². The summed E-state index contributed by atoms with van der Waals surface area (Å²) in [7, 11) is 0. The van der Waals surface area contributed by atoms with Gasteiger partial charge in [0.05, 0.1) is 13.2 Å². The van der Waals surface area contributed by atoms with E-state index in [9.17, 15) is 0 Å². The Morgan fingerprint density at radius 1 is 1.38 bits per heavy atom. The smallest absolute Gasteiger partial charge is 0.119 e. The highest BCUT2D eigenvalue weighted by molar-refractivity contribution is 5.29. The monoisotopic (exact) mass is 217 g/mol. The van der Waals surface area contributed by atoms with E-state index < -0.39 is 0 Å². The minimum atomic E-state index is 0.274. The molecule has 0 saturated carbocycles. The van der Waals surface area contributed by atoms with Crippen LogP contribution in [0.3, 0.4) is 0 Å². The van der Waals surface area contributed by atoms with Gasteiger partial charge in [0.2, 0.25) is 0 Å². The average molecular weight is 217 g/mol. The maximum atomic E-state index is 5.52. The Morgan fingerprint density at radius 2 is 2.06 bits per heavy atom. The Hall–Kier alpha value is -1.46. The molecule has 0 radical (unpaired) electrons. The van der Waals surface area contributed by atoms with Crippen molar-refractivity contribution in [1.82, 2.24) is 5.32 Å². The molecule has 0 heterocycles. The highest BCUT2D eigenvalue weighted by Crippen LogP contribution is 2.17. The third-order valence-electron chi connectivity index (χ3n) is 2.36. The van der Waals surface area contributed by atoms with Crippen LogP contribution in [0.15, 0.2) is 24.3 Å². The average Bonchev–Trinajstić information content (AvgIpc) is 2.34.